The van der Waals surface area contributed by atoms with E-state index in [9.17, 15) is 4.79 Å². The molecular weight excluding hydrogens is 254 g/mol. The fourth-order valence-electron chi connectivity index (χ4n) is 1.75. The molecule has 0 spiro atoms. The van der Waals surface area contributed by atoms with Gasteiger partial charge in [-0.2, -0.15) is 0 Å². The van der Waals surface area contributed by atoms with Crippen molar-refractivity contribution in [1.29, 1.82) is 0 Å². The summed E-state index contributed by atoms with van der Waals surface area (Å²) in [4.78, 5) is 17.9. The number of nitrogens with one attached hydrogen (secondary N) is 1. The minimum absolute atomic E-state index is 0. The molecule has 2 rings (SSSR count). The summed E-state index contributed by atoms with van der Waals surface area (Å²) < 4.78 is 5.26. The number of pyridine rings is 1. The Morgan fingerprint density at radius 2 is 2.22 bits per heavy atom. The molecule has 0 aromatic carbocycles. The molecule has 1 aliphatic heterocycles. The van der Waals surface area contributed by atoms with Gasteiger partial charge in [-0.3, -0.25) is 14.7 Å². The van der Waals surface area contributed by atoms with Crippen LogP contribution < -0.4 is 5.32 Å². The van der Waals surface area contributed by atoms with E-state index in [1.165, 1.54) is 0 Å². The molecule has 2 heterocycles. The van der Waals surface area contributed by atoms with Crippen LogP contribution in [0.25, 0.3) is 0 Å². The van der Waals surface area contributed by atoms with E-state index < -0.39 is 0 Å². The quantitative estimate of drug-likeness (QED) is 0.870. The van der Waals surface area contributed by atoms with E-state index >= 15 is 0 Å². The van der Waals surface area contributed by atoms with Crippen LogP contribution in [0.5, 0.6) is 0 Å². The first-order valence-electron chi connectivity index (χ1n) is 5.84. The number of morpholine rings is 1. The molecule has 0 saturated carbocycles. The second kappa shape index (κ2) is 8.02. The van der Waals surface area contributed by atoms with Crippen molar-refractivity contribution in [3.05, 3.63) is 30.1 Å². The highest BCUT2D eigenvalue weighted by molar-refractivity contribution is 5.93. The first-order valence-corrected chi connectivity index (χ1v) is 5.84. The summed E-state index contributed by atoms with van der Waals surface area (Å²) in [5.74, 6) is -0.0636. The second-order valence-corrected chi connectivity index (χ2v) is 3.95. The Hall–Kier alpha value is -1.17. The number of rotatable bonds is 4. The van der Waals surface area contributed by atoms with Crippen LogP contribution in [0.2, 0.25) is 0 Å². The number of carbonyl (C=O) groups excluding carboxylic acids is 1. The van der Waals surface area contributed by atoms with Crippen molar-refractivity contribution < 1.29 is 9.53 Å². The van der Waals surface area contributed by atoms with E-state index in [-0.39, 0.29) is 18.3 Å². The van der Waals surface area contributed by atoms with Gasteiger partial charge < -0.3 is 10.1 Å². The summed E-state index contributed by atoms with van der Waals surface area (Å²) in [6, 6.07) is 3.52. The predicted octanol–water partition coefficient (Wildman–Crippen LogP) is 0.565. The SMILES string of the molecule is Cl.O=C(NCCN1CCOCC1)c1cccnc1. The number of carbonyl (C=O) groups is 1. The molecule has 0 aliphatic carbocycles. The van der Waals surface area contributed by atoms with E-state index in [1.807, 2.05) is 0 Å². The van der Waals surface area contributed by atoms with Crippen LogP contribution >= 0.6 is 12.4 Å². The third-order valence-corrected chi connectivity index (χ3v) is 2.74. The molecule has 1 saturated heterocycles. The highest BCUT2D eigenvalue weighted by Gasteiger charge is 2.10. The topological polar surface area (TPSA) is 54.5 Å². The molecule has 100 valence electrons. The Kier molecular flexibility index (Phi) is 6.64. The van der Waals surface area contributed by atoms with Gasteiger partial charge in [-0.25, -0.2) is 0 Å². The lowest BCUT2D eigenvalue weighted by Crippen LogP contribution is -2.41. The number of hydrogen-bond donors (Lipinski definition) is 1. The Balaban J connectivity index is 0.00000162. The lowest BCUT2D eigenvalue weighted by molar-refractivity contribution is 0.0383. The van der Waals surface area contributed by atoms with E-state index in [1.54, 1.807) is 24.5 Å². The maximum Gasteiger partial charge on any atom is 0.252 e. The molecule has 1 N–H and O–H groups in total. The predicted molar refractivity (Wildman–Crippen MR) is 71.1 cm³/mol. The zero-order chi connectivity index (χ0) is 11.9. The van der Waals surface area contributed by atoms with Crippen LogP contribution in [-0.4, -0.2) is 55.2 Å². The van der Waals surface area contributed by atoms with Crippen molar-refractivity contribution in [2.24, 2.45) is 0 Å². The minimum Gasteiger partial charge on any atom is -0.379 e. The van der Waals surface area contributed by atoms with E-state index in [0.717, 1.165) is 32.8 Å². The Labute approximate surface area is 113 Å². The first kappa shape index (κ1) is 14.9. The van der Waals surface area contributed by atoms with Gasteiger partial charge in [-0.15, -0.1) is 12.4 Å². The number of nitrogens with zero attached hydrogens (tertiary/aromatic N) is 2. The standard InChI is InChI=1S/C12H17N3O2.ClH/c16-12(11-2-1-3-13-10-11)14-4-5-15-6-8-17-9-7-15;/h1-3,10H,4-9H2,(H,14,16);1H. The van der Waals surface area contributed by atoms with E-state index in [0.29, 0.717) is 12.1 Å². The molecule has 6 heteroatoms. The van der Waals surface area contributed by atoms with Crippen LogP contribution in [-0.2, 0) is 4.74 Å². The third-order valence-electron chi connectivity index (χ3n) is 2.74. The van der Waals surface area contributed by atoms with Gasteiger partial charge in [0.25, 0.3) is 5.91 Å². The number of halogens is 1. The molecule has 5 nitrogen and oxygen atoms in total. The Morgan fingerprint density at radius 1 is 1.44 bits per heavy atom. The molecule has 0 radical (unpaired) electrons. The second-order valence-electron chi connectivity index (χ2n) is 3.95. The zero-order valence-corrected chi connectivity index (χ0v) is 11.0. The minimum atomic E-state index is -0.0636. The summed E-state index contributed by atoms with van der Waals surface area (Å²) in [5, 5.41) is 2.88. The number of amides is 1. The van der Waals surface area contributed by atoms with Gasteiger partial charge in [0.2, 0.25) is 0 Å². The Bertz CT molecular complexity index is 356. The Morgan fingerprint density at radius 3 is 2.89 bits per heavy atom. The van der Waals surface area contributed by atoms with Gasteiger partial charge in [-0.1, -0.05) is 0 Å². The maximum absolute atomic E-state index is 11.7. The lowest BCUT2D eigenvalue weighted by Gasteiger charge is -2.26. The van der Waals surface area contributed by atoms with Gasteiger partial charge in [0.15, 0.2) is 0 Å². The number of aromatic nitrogens is 1. The van der Waals surface area contributed by atoms with Crippen LogP contribution in [0, 0.1) is 0 Å². The summed E-state index contributed by atoms with van der Waals surface area (Å²) >= 11 is 0. The number of hydrogen-bond acceptors (Lipinski definition) is 4. The van der Waals surface area contributed by atoms with Crippen molar-refractivity contribution in [3.63, 3.8) is 0 Å². The van der Waals surface area contributed by atoms with Crippen molar-refractivity contribution in [2.75, 3.05) is 39.4 Å². The molecular formula is C12H18ClN3O2. The molecule has 0 bridgehead atoms. The molecule has 1 amide bonds. The van der Waals surface area contributed by atoms with Crippen molar-refractivity contribution in [1.82, 2.24) is 15.2 Å². The largest absolute Gasteiger partial charge is 0.379 e. The first-order chi connectivity index (χ1) is 8.36. The van der Waals surface area contributed by atoms with E-state index in [2.05, 4.69) is 15.2 Å². The summed E-state index contributed by atoms with van der Waals surface area (Å²) in [6.07, 6.45) is 3.23. The van der Waals surface area contributed by atoms with Gasteiger partial charge in [0.1, 0.15) is 0 Å². The van der Waals surface area contributed by atoms with Crippen LogP contribution in [0.1, 0.15) is 10.4 Å². The molecule has 1 aliphatic rings. The summed E-state index contributed by atoms with van der Waals surface area (Å²) in [5.41, 5.74) is 0.606. The summed E-state index contributed by atoms with van der Waals surface area (Å²) in [6.45, 7) is 5.00. The average Bonchev–Trinajstić information content (AvgIpc) is 2.41. The van der Waals surface area contributed by atoms with Crippen molar-refractivity contribution in [3.8, 4) is 0 Å². The van der Waals surface area contributed by atoms with Crippen molar-refractivity contribution in [2.45, 2.75) is 0 Å². The zero-order valence-electron chi connectivity index (χ0n) is 10.2. The average molecular weight is 272 g/mol. The van der Waals surface area contributed by atoms with Gasteiger partial charge in [0.05, 0.1) is 18.8 Å². The molecule has 0 atom stereocenters. The van der Waals surface area contributed by atoms with E-state index in [4.69, 9.17) is 4.74 Å². The van der Waals surface area contributed by atoms with Crippen LogP contribution in [0.3, 0.4) is 0 Å². The van der Waals surface area contributed by atoms with Crippen molar-refractivity contribution >= 4 is 18.3 Å². The monoisotopic (exact) mass is 271 g/mol. The van der Waals surface area contributed by atoms with Gasteiger partial charge in [-0.05, 0) is 12.1 Å². The number of ether oxygens (including phenoxy) is 1. The fourth-order valence-corrected chi connectivity index (χ4v) is 1.75. The van der Waals surface area contributed by atoms with Gasteiger partial charge >= 0.3 is 0 Å². The lowest BCUT2D eigenvalue weighted by atomic mass is 10.3. The fraction of sp³-hybridized carbons (Fsp3) is 0.500. The smallest absolute Gasteiger partial charge is 0.252 e. The van der Waals surface area contributed by atoms with Crippen LogP contribution in [0.15, 0.2) is 24.5 Å². The maximum atomic E-state index is 11.7. The molecule has 18 heavy (non-hydrogen) atoms. The molecule has 1 aromatic heterocycles. The summed E-state index contributed by atoms with van der Waals surface area (Å²) in [7, 11) is 0. The highest BCUT2D eigenvalue weighted by Crippen LogP contribution is 1.97. The highest BCUT2D eigenvalue weighted by atomic mass is 35.5. The third kappa shape index (κ3) is 4.60. The normalized spacial score (nSPS) is 15.8. The molecule has 1 aromatic rings. The molecule has 0 unspecified atom stereocenters. The van der Waals surface area contributed by atoms with Crippen LogP contribution in [0.4, 0.5) is 0 Å². The van der Waals surface area contributed by atoms with Gasteiger partial charge in [0, 0.05) is 38.6 Å². The molecule has 1 fully saturated rings.